The van der Waals surface area contributed by atoms with Crippen molar-refractivity contribution in [1.82, 2.24) is 20.4 Å². The molecule has 0 spiro atoms. The molecule has 0 unspecified atom stereocenters. The predicted octanol–water partition coefficient (Wildman–Crippen LogP) is 3.32. The molecule has 0 aliphatic rings. The minimum Gasteiger partial charge on any atom is -0.496 e. The highest BCUT2D eigenvalue weighted by Crippen LogP contribution is 2.17. The molecule has 3 aromatic rings. The number of aromatic nitrogens is 2. The maximum Gasteiger partial charge on any atom is 0.191 e. The second-order valence-electron chi connectivity index (χ2n) is 6.41. The molecule has 152 valence electrons. The van der Waals surface area contributed by atoms with E-state index in [1.54, 1.807) is 23.9 Å². The fourth-order valence-electron chi connectivity index (χ4n) is 2.88. The molecule has 0 amide bonds. The Morgan fingerprint density at radius 1 is 1.10 bits per heavy atom. The normalized spacial score (nSPS) is 11.3. The van der Waals surface area contributed by atoms with Gasteiger partial charge in [0.25, 0.3) is 0 Å². The van der Waals surface area contributed by atoms with Crippen LogP contribution in [0.2, 0.25) is 0 Å². The minimum atomic E-state index is -0.256. The van der Waals surface area contributed by atoms with E-state index >= 15 is 0 Å². The average molecular weight is 395 g/mol. The van der Waals surface area contributed by atoms with Crippen LogP contribution in [0.5, 0.6) is 5.75 Å². The van der Waals surface area contributed by atoms with Crippen molar-refractivity contribution in [2.24, 2.45) is 4.99 Å². The largest absolute Gasteiger partial charge is 0.496 e. The highest BCUT2D eigenvalue weighted by molar-refractivity contribution is 5.79. The van der Waals surface area contributed by atoms with Crippen LogP contribution in [0.15, 0.2) is 65.8 Å². The summed E-state index contributed by atoms with van der Waals surface area (Å²) in [5.74, 6) is 1.32. The molecule has 3 rings (SSSR count). The lowest BCUT2D eigenvalue weighted by atomic mass is 10.2. The maximum atomic E-state index is 13.1. The molecule has 0 fully saturated rings. The van der Waals surface area contributed by atoms with Crippen LogP contribution in [0.3, 0.4) is 0 Å². The predicted molar refractivity (Wildman–Crippen MR) is 113 cm³/mol. The zero-order chi connectivity index (χ0) is 20.5. The van der Waals surface area contributed by atoms with Gasteiger partial charge in [0.15, 0.2) is 5.96 Å². The number of halogens is 1. The number of methoxy groups -OCH3 is 1. The molecule has 7 heteroatoms. The highest BCUT2D eigenvalue weighted by atomic mass is 19.1. The Balaban J connectivity index is 1.56. The van der Waals surface area contributed by atoms with Gasteiger partial charge in [-0.1, -0.05) is 18.2 Å². The summed E-state index contributed by atoms with van der Waals surface area (Å²) in [6.45, 7) is 4.03. The molecule has 2 N–H and O–H groups in total. The third kappa shape index (κ3) is 5.81. The van der Waals surface area contributed by atoms with Crippen LogP contribution in [0.4, 0.5) is 4.39 Å². The third-order valence-corrected chi connectivity index (χ3v) is 4.35. The van der Waals surface area contributed by atoms with E-state index in [4.69, 9.17) is 4.74 Å². The van der Waals surface area contributed by atoms with E-state index in [1.165, 1.54) is 12.1 Å². The van der Waals surface area contributed by atoms with Gasteiger partial charge in [-0.3, -0.25) is 0 Å². The second-order valence-corrected chi connectivity index (χ2v) is 6.41. The van der Waals surface area contributed by atoms with E-state index in [1.807, 2.05) is 43.5 Å². The molecule has 2 aromatic carbocycles. The Hall–Kier alpha value is -3.35. The quantitative estimate of drug-likeness (QED) is 0.454. The molecule has 0 saturated carbocycles. The first-order chi connectivity index (χ1) is 14.2. The number of para-hydroxylation sites is 1. The topological polar surface area (TPSA) is 63.5 Å². The van der Waals surface area contributed by atoms with E-state index in [0.29, 0.717) is 13.1 Å². The van der Waals surface area contributed by atoms with E-state index in [0.717, 1.165) is 41.6 Å². The number of nitrogens with zero attached hydrogens (tertiary/aromatic N) is 3. The summed E-state index contributed by atoms with van der Waals surface area (Å²) in [5.41, 5.74) is 2.81. The maximum absolute atomic E-state index is 13.1. The van der Waals surface area contributed by atoms with Gasteiger partial charge in [0.1, 0.15) is 11.6 Å². The molecule has 0 bridgehead atoms. The van der Waals surface area contributed by atoms with Gasteiger partial charge < -0.3 is 15.4 Å². The minimum absolute atomic E-state index is 0.256. The van der Waals surface area contributed by atoms with Crippen LogP contribution >= 0.6 is 0 Å². The third-order valence-electron chi connectivity index (χ3n) is 4.35. The summed E-state index contributed by atoms with van der Waals surface area (Å²) in [4.78, 5) is 4.64. The fraction of sp³-hybridized carbons (Fsp3) is 0.273. The van der Waals surface area contributed by atoms with Crippen LogP contribution in [-0.2, 0) is 13.0 Å². The smallest absolute Gasteiger partial charge is 0.191 e. The van der Waals surface area contributed by atoms with Crippen molar-refractivity contribution in [2.75, 3.05) is 20.2 Å². The number of hydrogen-bond acceptors (Lipinski definition) is 3. The Kier molecular flexibility index (Phi) is 7.22. The first-order valence-corrected chi connectivity index (χ1v) is 9.64. The lowest BCUT2D eigenvalue weighted by molar-refractivity contribution is 0.410. The van der Waals surface area contributed by atoms with Crippen LogP contribution < -0.4 is 15.4 Å². The van der Waals surface area contributed by atoms with Gasteiger partial charge in [0.2, 0.25) is 0 Å². The Bertz CT molecular complexity index is 936. The van der Waals surface area contributed by atoms with E-state index in [9.17, 15) is 4.39 Å². The summed E-state index contributed by atoms with van der Waals surface area (Å²) in [5, 5.41) is 11.1. The van der Waals surface area contributed by atoms with Gasteiger partial charge in [-0.15, -0.1) is 0 Å². The molecule has 0 saturated heterocycles. The second kappa shape index (κ2) is 10.3. The Morgan fingerprint density at radius 2 is 1.90 bits per heavy atom. The SMILES string of the molecule is CCNC(=NCc1ccccc1OC)NCCc1ccn(-c2ccc(F)cc2)n1. The Morgan fingerprint density at radius 3 is 2.66 bits per heavy atom. The Labute approximate surface area is 170 Å². The lowest BCUT2D eigenvalue weighted by Gasteiger charge is -2.11. The van der Waals surface area contributed by atoms with Crippen molar-refractivity contribution in [2.45, 2.75) is 19.9 Å². The summed E-state index contributed by atoms with van der Waals surface area (Å²) in [6.07, 6.45) is 2.62. The van der Waals surface area contributed by atoms with Crippen molar-refractivity contribution in [1.29, 1.82) is 0 Å². The fourth-order valence-corrected chi connectivity index (χ4v) is 2.88. The van der Waals surface area contributed by atoms with Crippen LogP contribution in [0.1, 0.15) is 18.2 Å². The van der Waals surface area contributed by atoms with Gasteiger partial charge in [-0.05, 0) is 43.3 Å². The van der Waals surface area contributed by atoms with E-state index in [-0.39, 0.29) is 5.82 Å². The molecule has 0 aliphatic heterocycles. The highest BCUT2D eigenvalue weighted by Gasteiger charge is 2.04. The molecular formula is C22H26FN5O. The van der Waals surface area contributed by atoms with Gasteiger partial charge in [-0.25, -0.2) is 14.1 Å². The number of nitrogens with one attached hydrogen (secondary N) is 2. The van der Waals surface area contributed by atoms with Gasteiger partial charge in [0, 0.05) is 31.3 Å². The average Bonchev–Trinajstić information content (AvgIpc) is 3.21. The van der Waals surface area contributed by atoms with E-state index in [2.05, 4.69) is 20.7 Å². The molecule has 6 nitrogen and oxygen atoms in total. The summed E-state index contributed by atoms with van der Waals surface area (Å²) < 4.78 is 20.2. The lowest BCUT2D eigenvalue weighted by Crippen LogP contribution is -2.38. The standard InChI is InChI=1S/C22H26FN5O/c1-3-24-22(26-16-17-6-4-5-7-21(17)29-2)25-14-12-19-13-15-28(27-19)20-10-8-18(23)9-11-20/h4-11,13,15H,3,12,14,16H2,1-2H3,(H2,24,25,26). The van der Waals surface area contributed by atoms with Crippen molar-refractivity contribution in [3.05, 3.63) is 77.9 Å². The number of rotatable bonds is 8. The first-order valence-electron chi connectivity index (χ1n) is 9.64. The molecule has 1 aromatic heterocycles. The van der Waals surface area contributed by atoms with Crippen molar-refractivity contribution < 1.29 is 9.13 Å². The van der Waals surface area contributed by atoms with Crippen LogP contribution in [0.25, 0.3) is 5.69 Å². The van der Waals surface area contributed by atoms with Gasteiger partial charge >= 0.3 is 0 Å². The van der Waals surface area contributed by atoms with Crippen LogP contribution in [0, 0.1) is 5.82 Å². The monoisotopic (exact) mass is 395 g/mol. The summed E-state index contributed by atoms with van der Waals surface area (Å²) in [6, 6.07) is 16.1. The first kappa shape index (κ1) is 20.4. The van der Waals surface area contributed by atoms with Crippen molar-refractivity contribution in [3.8, 4) is 11.4 Å². The number of aliphatic imine (C=N–C) groups is 1. The number of guanidine groups is 1. The molecule has 0 aliphatic carbocycles. The summed E-state index contributed by atoms with van der Waals surface area (Å²) >= 11 is 0. The van der Waals surface area contributed by atoms with Crippen molar-refractivity contribution >= 4 is 5.96 Å². The molecule has 1 heterocycles. The van der Waals surface area contributed by atoms with Crippen LogP contribution in [-0.4, -0.2) is 35.9 Å². The molecular weight excluding hydrogens is 369 g/mol. The molecule has 0 atom stereocenters. The summed E-state index contributed by atoms with van der Waals surface area (Å²) in [7, 11) is 1.66. The van der Waals surface area contributed by atoms with E-state index < -0.39 is 0 Å². The molecule has 0 radical (unpaired) electrons. The van der Waals surface area contributed by atoms with Gasteiger partial charge in [-0.2, -0.15) is 5.10 Å². The number of benzene rings is 2. The zero-order valence-electron chi connectivity index (χ0n) is 16.7. The van der Waals surface area contributed by atoms with Gasteiger partial charge in [0.05, 0.1) is 25.0 Å². The zero-order valence-corrected chi connectivity index (χ0v) is 16.7. The van der Waals surface area contributed by atoms with Crippen molar-refractivity contribution in [3.63, 3.8) is 0 Å². The number of hydrogen-bond donors (Lipinski definition) is 2. The molecule has 29 heavy (non-hydrogen) atoms. The number of ether oxygens (including phenoxy) is 1.